The lowest BCUT2D eigenvalue weighted by Crippen LogP contribution is -2.45. The van der Waals surface area contributed by atoms with Gasteiger partial charge in [-0.3, -0.25) is 19.4 Å². The Hall–Kier alpha value is -2.90. The summed E-state index contributed by atoms with van der Waals surface area (Å²) in [6.07, 6.45) is 1.74. The van der Waals surface area contributed by atoms with Gasteiger partial charge in [-0.2, -0.15) is 0 Å². The topological polar surface area (TPSA) is 65.1 Å². The fraction of sp³-hybridized carbons (Fsp3) is 0.481. The number of likely N-dealkylation sites (tertiary alicyclic amines) is 1. The number of anilines is 2. The number of hydrogen-bond acceptors (Lipinski definition) is 6. The zero-order valence-electron chi connectivity index (χ0n) is 20.1. The Morgan fingerprint density at radius 1 is 0.941 bits per heavy atom. The van der Waals surface area contributed by atoms with Gasteiger partial charge in [0.1, 0.15) is 0 Å². The smallest absolute Gasteiger partial charge is 0.310 e. The van der Waals surface area contributed by atoms with Crippen LogP contribution in [0, 0.1) is 5.92 Å². The number of benzene rings is 2. The Morgan fingerprint density at radius 3 is 2.38 bits per heavy atom. The lowest BCUT2D eigenvalue weighted by Gasteiger charge is -2.36. The van der Waals surface area contributed by atoms with E-state index in [1.807, 2.05) is 24.0 Å². The normalized spacial score (nSPS) is 19.6. The number of rotatable bonds is 8. The Labute approximate surface area is 202 Å². The minimum Gasteiger partial charge on any atom is -0.466 e. The maximum Gasteiger partial charge on any atom is 0.310 e. The van der Waals surface area contributed by atoms with Crippen LogP contribution in [0.25, 0.3) is 0 Å². The monoisotopic (exact) mass is 464 g/mol. The molecule has 2 aromatic carbocycles. The van der Waals surface area contributed by atoms with Gasteiger partial charge in [0.05, 0.1) is 19.1 Å². The van der Waals surface area contributed by atoms with Crippen LogP contribution in [0.3, 0.4) is 0 Å². The zero-order valence-corrected chi connectivity index (χ0v) is 20.1. The van der Waals surface area contributed by atoms with Crippen LogP contribution in [0.15, 0.2) is 54.6 Å². The van der Waals surface area contributed by atoms with Crippen LogP contribution in [0.4, 0.5) is 11.4 Å². The highest BCUT2D eigenvalue weighted by Crippen LogP contribution is 2.21. The second kappa shape index (κ2) is 12.0. The quantitative estimate of drug-likeness (QED) is 0.606. The third-order valence-electron chi connectivity index (χ3n) is 6.63. The number of carbonyl (C=O) groups is 2. The average molecular weight is 465 g/mol. The number of piperazine rings is 1. The second-order valence-corrected chi connectivity index (χ2v) is 9.17. The molecule has 1 N–H and O–H groups in total. The van der Waals surface area contributed by atoms with Gasteiger partial charge in [-0.25, -0.2) is 0 Å². The van der Waals surface area contributed by atoms with E-state index in [0.29, 0.717) is 19.7 Å². The third kappa shape index (κ3) is 6.81. The van der Waals surface area contributed by atoms with Crippen molar-refractivity contribution in [3.05, 3.63) is 60.2 Å². The van der Waals surface area contributed by atoms with Gasteiger partial charge in [0.25, 0.3) is 0 Å². The van der Waals surface area contributed by atoms with Gasteiger partial charge >= 0.3 is 5.97 Å². The number of esters is 1. The van der Waals surface area contributed by atoms with E-state index in [9.17, 15) is 9.59 Å². The van der Waals surface area contributed by atoms with Crippen LogP contribution in [0.2, 0.25) is 0 Å². The molecule has 1 atom stereocenters. The summed E-state index contributed by atoms with van der Waals surface area (Å²) in [5.41, 5.74) is 3.35. The summed E-state index contributed by atoms with van der Waals surface area (Å²) in [4.78, 5) is 31.5. The standard InChI is InChI=1S/C27H36N4O3/c1-2-34-27(33)23-9-6-14-30(20-23)21-26(32)28-24-10-12-25(13-11-24)31-17-15-29(16-18-31)19-22-7-4-3-5-8-22/h3-5,7-8,10-13,23H,2,6,9,14-21H2,1H3,(H,28,32). The van der Waals surface area contributed by atoms with Crippen LogP contribution in [0.1, 0.15) is 25.3 Å². The SMILES string of the molecule is CCOC(=O)C1CCCN(CC(=O)Nc2ccc(N3CCN(Cc4ccccc4)CC3)cc2)C1. The van der Waals surface area contributed by atoms with E-state index in [-0.39, 0.29) is 17.8 Å². The van der Waals surface area contributed by atoms with Gasteiger partial charge in [0.15, 0.2) is 0 Å². The molecule has 7 heteroatoms. The number of hydrogen-bond donors (Lipinski definition) is 1. The maximum absolute atomic E-state index is 12.6. The van der Waals surface area contributed by atoms with Gasteiger partial charge < -0.3 is 15.0 Å². The summed E-state index contributed by atoms with van der Waals surface area (Å²) in [6, 6.07) is 18.7. The molecule has 0 spiro atoms. The van der Waals surface area contributed by atoms with E-state index < -0.39 is 0 Å². The molecule has 2 saturated heterocycles. The molecule has 2 aliphatic rings. The van der Waals surface area contributed by atoms with Gasteiger partial charge in [0, 0.05) is 50.6 Å². The summed E-state index contributed by atoms with van der Waals surface area (Å²) in [6.45, 7) is 8.99. The summed E-state index contributed by atoms with van der Waals surface area (Å²) in [5.74, 6) is -0.329. The van der Waals surface area contributed by atoms with E-state index in [1.165, 1.54) is 11.3 Å². The van der Waals surface area contributed by atoms with Crippen molar-refractivity contribution in [2.45, 2.75) is 26.3 Å². The molecule has 7 nitrogen and oxygen atoms in total. The van der Waals surface area contributed by atoms with Crippen molar-refractivity contribution in [3.8, 4) is 0 Å². The van der Waals surface area contributed by atoms with E-state index in [0.717, 1.165) is 57.8 Å². The van der Waals surface area contributed by atoms with Gasteiger partial charge in [0.2, 0.25) is 5.91 Å². The van der Waals surface area contributed by atoms with Crippen molar-refractivity contribution in [1.29, 1.82) is 0 Å². The fourth-order valence-electron chi connectivity index (χ4n) is 4.82. The number of carbonyl (C=O) groups excluding carboxylic acids is 2. The fourth-order valence-corrected chi connectivity index (χ4v) is 4.82. The molecule has 2 fully saturated rings. The van der Waals surface area contributed by atoms with Crippen molar-refractivity contribution in [3.63, 3.8) is 0 Å². The number of piperidine rings is 1. The first-order chi connectivity index (χ1) is 16.6. The van der Waals surface area contributed by atoms with Crippen LogP contribution in [0.5, 0.6) is 0 Å². The number of amides is 1. The van der Waals surface area contributed by atoms with Crippen molar-refractivity contribution >= 4 is 23.3 Å². The van der Waals surface area contributed by atoms with E-state index in [1.54, 1.807) is 0 Å². The Morgan fingerprint density at radius 2 is 1.68 bits per heavy atom. The zero-order chi connectivity index (χ0) is 23.8. The minimum absolute atomic E-state index is 0.0493. The molecular formula is C27H36N4O3. The van der Waals surface area contributed by atoms with Gasteiger partial charge in [-0.05, 0) is 56.1 Å². The molecule has 2 heterocycles. The number of nitrogens with one attached hydrogen (secondary N) is 1. The highest BCUT2D eigenvalue weighted by Gasteiger charge is 2.27. The highest BCUT2D eigenvalue weighted by molar-refractivity contribution is 5.92. The molecule has 0 aromatic heterocycles. The predicted octanol–water partition coefficient (Wildman–Crippen LogP) is 3.22. The molecule has 1 amide bonds. The van der Waals surface area contributed by atoms with Crippen LogP contribution in [-0.2, 0) is 20.9 Å². The largest absolute Gasteiger partial charge is 0.466 e. The molecule has 2 aromatic rings. The summed E-state index contributed by atoms with van der Waals surface area (Å²) >= 11 is 0. The van der Waals surface area contributed by atoms with E-state index in [2.05, 4.69) is 57.6 Å². The maximum atomic E-state index is 12.6. The average Bonchev–Trinajstić information content (AvgIpc) is 2.86. The summed E-state index contributed by atoms with van der Waals surface area (Å²) in [7, 11) is 0. The second-order valence-electron chi connectivity index (χ2n) is 9.17. The molecule has 0 aliphatic carbocycles. The molecule has 0 bridgehead atoms. The van der Waals surface area contributed by atoms with Crippen molar-refractivity contribution < 1.29 is 14.3 Å². The minimum atomic E-state index is -0.149. The lowest BCUT2D eigenvalue weighted by atomic mass is 9.98. The van der Waals surface area contributed by atoms with Gasteiger partial charge in [-0.1, -0.05) is 30.3 Å². The predicted molar refractivity (Wildman–Crippen MR) is 135 cm³/mol. The van der Waals surface area contributed by atoms with Crippen molar-refractivity contribution in [2.24, 2.45) is 5.92 Å². The Balaban J connectivity index is 1.21. The molecule has 182 valence electrons. The molecule has 0 radical (unpaired) electrons. The molecule has 2 aliphatic heterocycles. The van der Waals surface area contributed by atoms with Gasteiger partial charge in [-0.15, -0.1) is 0 Å². The Kier molecular flexibility index (Phi) is 8.55. The molecule has 0 saturated carbocycles. The lowest BCUT2D eigenvalue weighted by molar-refractivity contribution is -0.150. The number of nitrogens with zero attached hydrogens (tertiary/aromatic N) is 3. The van der Waals surface area contributed by atoms with Crippen LogP contribution in [-0.4, -0.2) is 74.1 Å². The van der Waals surface area contributed by atoms with E-state index >= 15 is 0 Å². The summed E-state index contributed by atoms with van der Waals surface area (Å²) < 4.78 is 5.15. The number of ether oxygens (including phenoxy) is 1. The third-order valence-corrected chi connectivity index (χ3v) is 6.63. The van der Waals surface area contributed by atoms with E-state index in [4.69, 9.17) is 4.74 Å². The first kappa shape index (κ1) is 24.2. The molecule has 1 unspecified atom stereocenters. The first-order valence-corrected chi connectivity index (χ1v) is 12.4. The molecular weight excluding hydrogens is 428 g/mol. The van der Waals surface area contributed by atoms with Crippen molar-refractivity contribution in [1.82, 2.24) is 9.80 Å². The Bertz CT molecular complexity index is 927. The molecule has 4 rings (SSSR count). The molecule has 34 heavy (non-hydrogen) atoms. The highest BCUT2D eigenvalue weighted by atomic mass is 16.5. The van der Waals surface area contributed by atoms with Crippen LogP contribution < -0.4 is 10.2 Å². The first-order valence-electron chi connectivity index (χ1n) is 12.4. The summed E-state index contributed by atoms with van der Waals surface area (Å²) in [5, 5.41) is 3.00. The van der Waals surface area contributed by atoms with Crippen molar-refractivity contribution in [2.75, 3.05) is 62.6 Å². The van der Waals surface area contributed by atoms with Crippen LogP contribution >= 0.6 is 0 Å².